The molecule has 0 spiro atoms. The number of hydrogen-bond donors (Lipinski definition) is 0. The summed E-state index contributed by atoms with van der Waals surface area (Å²) < 4.78 is 12.4. The molecular formula is C23H12Cl6FN3O5. The number of amides is 3. The van der Waals surface area contributed by atoms with Gasteiger partial charge in [-0.1, -0.05) is 76.7 Å². The molecule has 3 amide bonds. The van der Waals surface area contributed by atoms with Crippen LogP contribution in [0.2, 0.25) is 0 Å². The molecule has 15 heteroatoms. The lowest BCUT2D eigenvalue weighted by Gasteiger charge is -2.37. The Kier molecular flexibility index (Phi) is 6.45. The molecule has 2 aliphatic carbocycles. The van der Waals surface area contributed by atoms with Crippen molar-refractivity contribution in [3.63, 3.8) is 0 Å². The molecule has 1 aliphatic heterocycles. The molecule has 0 radical (unpaired) electrons. The number of rotatable bonds is 5. The van der Waals surface area contributed by atoms with Gasteiger partial charge in [0.05, 0.1) is 33.4 Å². The second kappa shape index (κ2) is 8.94. The Morgan fingerprint density at radius 3 is 1.97 bits per heavy atom. The number of allylic oxidation sites excluding steroid dienone is 2. The summed E-state index contributed by atoms with van der Waals surface area (Å²) in [5.41, 5.74) is -1.17. The molecule has 2 bridgehead atoms. The Hall–Kier alpha value is -2.14. The third kappa shape index (κ3) is 3.26. The lowest BCUT2D eigenvalue weighted by Crippen LogP contribution is -2.55. The molecule has 198 valence electrons. The summed E-state index contributed by atoms with van der Waals surface area (Å²) in [4.78, 5) is 48.0. The molecule has 8 nitrogen and oxygen atoms in total. The number of halogens is 7. The average molecular weight is 642 g/mol. The quantitative estimate of drug-likeness (QED) is 0.179. The third-order valence-corrected chi connectivity index (χ3v) is 11.2. The van der Waals surface area contributed by atoms with Gasteiger partial charge in [-0.3, -0.25) is 24.5 Å². The van der Waals surface area contributed by atoms with Crippen molar-refractivity contribution in [2.24, 2.45) is 11.8 Å². The zero-order valence-corrected chi connectivity index (χ0v) is 23.0. The highest BCUT2D eigenvalue weighted by Gasteiger charge is 2.88. The first-order valence-corrected chi connectivity index (χ1v) is 13.0. The van der Waals surface area contributed by atoms with E-state index in [9.17, 15) is 28.9 Å². The smallest absolute Gasteiger partial charge is 0.272 e. The fourth-order valence-corrected chi connectivity index (χ4v) is 8.12. The van der Waals surface area contributed by atoms with Gasteiger partial charge in [0, 0.05) is 11.6 Å². The predicted molar refractivity (Wildman–Crippen MR) is 139 cm³/mol. The van der Waals surface area contributed by atoms with Gasteiger partial charge in [-0.25, -0.2) is 9.40 Å². The highest BCUT2D eigenvalue weighted by Crippen LogP contribution is 2.77. The fraction of sp³-hybridized carbons (Fsp3) is 0.261. The van der Waals surface area contributed by atoms with E-state index in [1.54, 1.807) is 0 Å². The molecule has 3 aliphatic rings. The minimum Gasteiger partial charge on any atom is -0.272 e. The molecule has 0 N–H and O–H groups in total. The Labute approximate surface area is 243 Å². The van der Waals surface area contributed by atoms with E-state index in [0.29, 0.717) is 10.0 Å². The molecule has 0 aromatic heterocycles. The van der Waals surface area contributed by atoms with Crippen molar-refractivity contribution < 1.29 is 23.7 Å². The van der Waals surface area contributed by atoms with Crippen LogP contribution in [-0.2, 0) is 16.1 Å². The van der Waals surface area contributed by atoms with Crippen LogP contribution in [0.3, 0.4) is 0 Å². The Morgan fingerprint density at radius 1 is 0.947 bits per heavy atom. The molecule has 5 rings (SSSR count). The third-order valence-electron chi connectivity index (χ3n) is 6.97. The summed E-state index contributed by atoms with van der Waals surface area (Å²) in [7, 11) is 0. The van der Waals surface area contributed by atoms with Crippen LogP contribution in [0.5, 0.6) is 0 Å². The van der Waals surface area contributed by atoms with Gasteiger partial charge in [-0.05, 0) is 12.1 Å². The number of alkyl halides is 4. The monoisotopic (exact) mass is 639 g/mol. The second-order valence-electron chi connectivity index (χ2n) is 8.80. The van der Waals surface area contributed by atoms with Crippen LogP contribution in [0.25, 0.3) is 0 Å². The van der Waals surface area contributed by atoms with Crippen molar-refractivity contribution in [2.45, 2.75) is 20.6 Å². The highest BCUT2D eigenvalue weighted by molar-refractivity contribution is 6.66. The van der Waals surface area contributed by atoms with Gasteiger partial charge in [-0.2, -0.15) is 5.01 Å². The van der Waals surface area contributed by atoms with Gasteiger partial charge in [-0.15, -0.1) is 23.2 Å². The molecule has 1 saturated heterocycles. The Morgan fingerprint density at radius 2 is 1.45 bits per heavy atom. The van der Waals surface area contributed by atoms with Crippen molar-refractivity contribution in [3.8, 4) is 0 Å². The largest absolute Gasteiger partial charge is 0.282 e. The minimum absolute atomic E-state index is 0.0977. The normalized spacial score (nSPS) is 29.2. The van der Waals surface area contributed by atoms with Crippen LogP contribution in [-0.4, -0.2) is 46.7 Å². The van der Waals surface area contributed by atoms with E-state index in [1.165, 1.54) is 30.3 Å². The minimum atomic E-state index is -2.21. The molecule has 0 unspecified atom stereocenters. The standard InChI is InChI=1S/C23H12Cl6FN3O5/c24-16-17(25)22(27)15-14(21(16,26)23(22,28)29)19(35)32(20(15)36)31(9-10-5-1-3-7-12(10)30)18(34)11-6-2-4-8-13(11)33(37)38/h1-8,14-15H,9H2/t14-,15-,21+,22+/m0/s1. The summed E-state index contributed by atoms with van der Waals surface area (Å²) in [5, 5.41) is 12.0. The van der Waals surface area contributed by atoms with E-state index in [0.717, 1.165) is 18.2 Å². The van der Waals surface area contributed by atoms with Gasteiger partial charge < -0.3 is 0 Å². The van der Waals surface area contributed by atoms with Crippen LogP contribution < -0.4 is 0 Å². The maximum absolute atomic E-state index is 14.6. The van der Waals surface area contributed by atoms with Crippen molar-refractivity contribution in [1.82, 2.24) is 10.0 Å². The Balaban J connectivity index is 1.66. The van der Waals surface area contributed by atoms with Crippen molar-refractivity contribution in [2.75, 3.05) is 0 Å². The highest BCUT2D eigenvalue weighted by atomic mass is 35.5. The van der Waals surface area contributed by atoms with E-state index >= 15 is 0 Å². The van der Waals surface area contributed by atoms with Crippen LogP contribution in [0.4, 0.5) is 10.1 Å². The lowest BCUT2D eigenvalue weighted by atomic mass is 9.84. The number of nitro groups is 1. The first-order chi connectivity index (χ1) is 17.7. The summed E-state index contributed by atoms with van der Waals surface area (Å²) in [6.45, 7) is -0.666. The molecule has 2 fully saturated rings. The number of nitro benzene ring substituents is 1. The van der Waals surface area contributed by atoms with E-state index in [4.69, 9.17) is 69.6 Å². The fourth-order valence-electron chi connectivity index (χ4n) is 5.19. The number of nitrogens with zero attached hydrogens (tertiary/aromatic N) is 3. The van der Waals surface area contributed by atoms with Gasteiger partial charge >= 0.3 is 0 Å². The maximum atomic E-state index is 14.6. The number of carbonyl (C=O) groups is 3. The van der Waals surface area contributed by atoms with E-state index < -0.39 is 72.2 Å². The molecule has 4 atom stereocenters. The number of para-hydroxylation sites is 1. The van der Waals surface area contributed by atoms with Gasteiger partial charge in [0.2, 0.25) is 0 Å². The van der Waals surface area contributed by atoms with Crippen LogP contribution in [0, 0.1) is 27.8 Å². The number of carbonyl (C=O) groups excluding carboxylic acids is 3. The first kappa shape index (κ1) is 27.4. The molecule has 38 heavy (non-hydrogen) atoms. The number of imide groups is 1. The SMILES string of the molecule is O=C(c1ccccc1[N+](=O)[O-])N(Cc1ccccc1F)N1C(=O)[C@@H]2[C@@H](C1=O)[C@@]1(Cl)C(Cl)=C(Cl)[C@@]2(Cl)C1(Cl)Cl. The summed E-state index contributed by atoms with van der Waals surface area (Å²) >= 11 is 39.1. The summed E-state index contributed by atoms with van der Waals surface area (Å²) in [5.74, 6) is -7.19. The van der Waals surface area contributed by atoms with E-state index in [-0.39, 0.29) is 15.6 Å². The number of benzene rings is 2. The van der Waals surface area contributed by atoms with Crippen molar-refractivity contribution in [3.05, 3.63) is 85.7 Å². The maximum Gasteiger partial charge on any atom is 0.282 e. The van der Waals surface area contributed by atoms with Gasteiger partial charge in [0.1, 0.15) is 21.1 Å². The second-order valence-corrected chi connectivity index (χ2v) is 12.1. The van der Waals surface area contributed by atoms with E-state index in [1.807, 2.05) is 0 Å². The van der Waals surface area contributed by atoms with Crippen molar-refractivity contribution in [1.29, 1.82) is 0 Å². The predicted octanol–water partition coefficient (Wildman–Crippen LogP) is 5.74. The topological polar surface area (TPSA) is 101 Å². The number of hydrogen-bond acceptors (Lipinski definition) is 5. The average Bonchev–Trinajstić information content (AvgIpc) is 3.26. The lowest BCUT2D eigenvalue weighted by molar-refractivity contribution is -0.385. The summed E-state index contributed by atoms with van der Waals surface area (Å²) in [6.07, 6.45) is 0. The van der Waals surface area contributed by atoms with Gasteiger partial charge in [0.25, 0.3) is 23.4 Å². The first-order valence-electron chi connectivity index (χ1n) is 10.7. The molecule has 1 saturated carbocycles. The van der Waals surface area contributed by atoms with Crippen LogP contribution >= 0.6 is 69.6 Å². The molecule has 2 aromatic rings. The Bertz CT molecular complexity index is 1440. The summed E-state index contributed by atoms with van der Waals surface area (Å²) in [6, 6.07) is 10.2. The molecule has 2 aromatic carbocycles. The van der Waals surface area contributed by atoms with Crippen molar-refractivity contribution >= 4 is 93.0 Å². The van der Waals surface area contributed by atoms with Crippen LogP contribution in [0.15, 0.2) is 58.6 Å². The zero-order chi connectivity index (χ0) is 27.9. The molecule has 1 heterocycles. The van der Waals surface area contributed by atoms with Crippen LogP contribution in [0.1, 0.15) is 15.9 Å². The zero-order valence-electron chi connectivity index (χ0n) is 18.5. The number of hydrazine groups is 1. The molecular weight excluding hydrogens is 630 g/mol. The van der Waals surface area contributed by atoms with E-state index in [2.05, 4.69) is 0 Å². The van der Waals surface area contributed by atoms with Gasteiger partial charge in [0.15, 0.2) is 4.33 Å². The number of fused-ring (bicyclic) bond motifs is 5.